The second-order valence-corrected chi connectivity index (χ2v) is 5.72. The summed E-state index contributed by atoms with van der Waals surface area (Å²) in [5.41, 5.74) is 0.685. The van der Waals surface area contributed by atoms with Crippen LogP contribution < -0.4 is 5.32 Å². The smallest absolute Gasteiger partial charge is 0.0686 e. The van der Waals surface area contributed by atoms with Crippen molar-refractivity contribution in [2.75, 3.05) is 13.2 Å². The van der Waals surface area contributed by atoms with Crippen LogP contribution in [0, 0.1) is 0 Å². The number of hydrogen-bond acceptors (Lipinski definition) is 3. The van der Waals surface area contributed by atoms with Gasteiger partial charge in [-0.05, 0) is 34.5 Å². The molecular weight excluding hydrogens is 318 g/mol. The second-order valence-electron chi connectivity index (χ2n) is 4.81. The molecule has 1 aromatic carbocycles. The van der Waals surface area contributed by atoms with Gasteiger partial charge in [-0.15, -0.1) is 0 Å². The van der Waals surface area contributed by atoms with E-state index in [1.807, 2.05) is 29.1 Å². The zero-order valence-corrected chi connectivity index (χ0v) is 13.2. The maximum Gasteiger partial charge on any atom is 0.0686 e. The van der Waals surface area contributed by atoms with Crippen LogP contribution in [0.3, 0.4) is 0 Å². The highest BCUT2D eigenvalue weighted by Gasteiger charge is 2.30. The number of likely N-dealkylation sites (N-methyl/N-ethyl adjacent to an activating group) is 1. The molecule has 2 N–H and O–H groups in total. The van der Waals surface area contributed by atoms with Gasteiger partial charge in [-0.3, -0.25) is 4.68 Å². The summed E-state index contributed by atoms with van der Waals surface area (Å²) in [7, 11) is 0. The van der Waals surface area contributed by atoms with Gasteiger partial charge in [0.25, 0.3) is 0 Å². The molecule has 0 fully saturated rings. The molecular formula is C15H20BrN3O. The Kier molecular flexibility index (Phi) is 5.34. The van der Waals surface area contributed by atoms with E-state index >= 15 is 0 Å². The Morgan fingerprint density at radius 1 is 1.35 bits per heavy atom. The molecule has 0 saturated carbocycles. The SMILES string of the molecule is CCNC(CO)(CCn1cc(Br)cn1)c1ccccc1. The van der Waals surface area contributed by atoms with Crippen molar-refractivity contribution < 1.29 is 5.11 Å². The summed E-state index contributed by atoms with van der Waals surface area (Å²) >= 11 is 3.40. The highest BCUT2D eigenvalue weighted by Crippen LogP contribution is 2.25. The average molecular weight is 338 g/mol. The van der Waals surface area contributed by atoms with Gasteiger partial charge in [-0.25, -0.2) is 0 Å². The lowest BCUT2D eigenvalue weighted by Crippen LogP contribution is -2.46. The summed E-state index contributed by atoms with van der Waals surface area (Å²) in [4.78, 5) is 0. The van der Waals surface area contributed by atoms with Crippen LogP contribution in [0.1, 0.15) is 18.9 Å². The summed E-state index contributed by atoms with van der Waals surface area (Å²) in [6, 6.07) is 10.1. The van der Waals surface area contributed by atoms with Gasteiger partial charge in [-0.1, -0.05) is 37.3 Å². The number of halogens is 1. The predicted octanol–water partition coefficient (Wildman–Crippen LogP) is 2.53. The number of nitrogens with zero attached hydrogens (tertiary/aromatic N) is 2. The minimum absolute atomic E-state index is 0.0628. The fourth-order valence-electron chi connectivity index (χ4n) is 2.42. The van der Waals surface area contributed by atoms with E-state index in [2.05, 4.69) is 45.4 Å². The van der Waals surface area contributed by atoms with Gasteiger partial charge in [-0.2, -0.15) is 5.10 Å². The number of aryl methyl sites for hydroxylation is 1. The number of nitrogens with one attached hydrogen (secondary N) is 1. The molecule has 0 radical (unpaired) electrons. The number of benzene rings is 1. The van der Waals surface area contributed by atoms with E-state index < -0.39 is 5.54 Å². The first kappa shape index (κ1) is 15.2. The maximum absolute atomic E-state index is 9.94. The van der Waals surface area contributed by atoms with Crippen LogP contribution in [-0.4, -0.2) is 28.0 Å². The van der Waals surface area contributed by atoms with Crippen LogP contribution in [0.4, 0.5) is 0 Å². The third kappa shape index (κ3) is 3.48. The molecule has 2 rings (SSSR count). The van der Waals surface area contributed by atoms with Gasteiger partial charge in [0, 0.05) is 12.7 Å². The normalized spacial score (nSPS) is 14.2. The summed E-state index contributed by atoms with van der Waals surface area (Å²) in [6.45, 7) is 3.66. The van der Waals surface area contributed by atoms with Crippen molar-refractivity contribution in [2.45, 2.75) is 25.4 Å². The number of aliphatic hydroxyl groups is 1. The molecule has 20 heavy (non-hydrogen) atoms. The Labute approximate surface area is 127 Å². The van der Waals surface area contributed by atoms with Crippen molar-refractivity contribution in [2.24, 2.45) is 0 Å². The summed E-state index contributed by atoms with van der Waals surface area (Å²) in [6.07, 6.45) is 4.49. The molecule has 2 aromatic rings. The number of rotatable bonds is 7. The van der Waals surface area contributed by atoms with E-state index in [0.717, 1.165) is 29.5 Å². The van der Waals surface area contributed by atoms with E-state index in [-0.39, 0.29) is 6.61 Å². The molecule has 0 aliphatic carbocycles. The van der Waals surface area contributed by atoms with Gasteiger partial charge < -0.3 is 10.4 Å². The Morgan fingerprint density at radius 3 is 2.65 bits per heavy atom. The molecule has 108 valence electrons. The molecule has 1 heterocycles. The maximum atomic E-state index is 9.94. The van der Waals surface area contributed by atoms with Crippen molar-refractivity contribution in [3.05, 3.63) is 52.8 Å². The summed E-state index contributed by atoms with van der Waals surface area (Å²) in [5.74, 6) is 0. The second kappa shape index (κ2) is 7.02. The van der Waals surface area contributed by atoms with Crippen LogP contribution in [0.2, 0.25) is 0 Å². The largest absolute Gasteiger partial charge is 0.394 e. The van der Waals surface area contributed by atoms with E-state index in [1.54, 1.807) is 6.20 Å². The molecule has 5 heteroatoms. The Morgan fingerprint density at radius 2 is 2.10 bits per heavy atom. The first-order chi connectivity index (χ1) is 9.70. The standard InChI is InChI=1S/C15H20BrN3O/c1-2-17-15(12-20,13-6-4-3-5-7-13)8-9-19-11-14(16)10-18-19/h3-7,10-11,17,20H,2,8-9,12H2,1H3. The quantitative estimate of drug-likeness (QED) is 0.816. The van der Waals surface area contributed by atoms with Crippen molar-refractivity contribution in [1.82, 2.24) is 15.1 Å². The topological polar surface area (TPSA) is 50.1 Å². The molecule has 0 aliphatic heterocycles. The summed E-state index contributed by atoms with van der Waals surface area (Å²) in [5, 5.41) is 17.6. The van der Waals surface area contributed by atoms with Gasteiger partial charge in [0.15, 0.2) is 0 Å². The first-order valence-corrected chi connectivity index (χ1v) is 7.59. The first-order valence-electron chi connectivity index (χ1n) is 6.79. The molecule has 0 aliphatic rings. The number of aliphatic hydroxyl groups excluding tert-OH is 1. The van der Waals surface area contributed by atoms with Crippen molar-refractivity contribution >= 4 is 15.9 Å². The predicted molar refractivity (Wildman–Crippen MR) is 83.4 cm³/mol. The Balaban J connectivity index is 2.18. The Hall–Kier alpha value is -1.17. The minimum Gasteiger partial charge on any atom is -0.394 e. The van der Waals surface area contributed by atoms with Crippen LogP contribution in [0.5, 0.6) is 0 Å². The molecule has 0 bridgehead atoms. The number of aromatic nitrogens is 2. The summed E-state index contributed by atoms with van der Waals surface area (Å²) < 4.78 is 2.85. The molecule has 0 saturated heterocycles. The van der Waals surface area contributed by atoms with E-state index in [4.69, 9.17) is 0 Å². The van der Waals surface area contributed by atoms with Crippen molar-refractivity contribution in [1.29, 1.82) is 0 Å². The monoisotopic (exact) mass is 337 g/mol. The van der Waals surface area contributed by atoms with Crippen molar-refractivity contribution in [3.8, 4) is 0 Å². The van der Waals surface area contributed by atoms with Crippen LogP contribution in [-0.2, 0) is 12.1 Å². The van der Waals surface area contributed by atoms with Crippen LogP contribution in [0.25, 0.3) is 0 Å². The molecule has 1 aromatic heterocycles. The highest BCUT2D eigenvalue weighted by molar-refractivity contribution is 9.10. The highest BCUT2D eigenvalue weighted by atomic mass is 79.9. The molecule has 1 atom stereocenters. The van der Waals surface area contributed by atoms with Crippen molar-refractivity contribution in [3.63, 3.8) is 0 Å². The van der Waals surface area contributed by atoms with Gasteiger partial charge >= 0.3 is 0 Å². The molecule has 1 unspecified atom stereocenters. The van der Waals surface area contributed by atoms with E-state index in [1.165, 1.54) is 0 Å². The zero-order chi connectivity index (χ0) is 14.4. The third-order valence-electron chi connectivity index (χ3n) is 3.48. The minimum atomic E-state index is -0.422. The third-order valence-corrected chi connectivity index (χ3v) is 3.89. The van der Waals surface area contributed by atoms with E-state index in [0.29, 0.717) is 0 Å². The van der Waals surface area contributed by atoms with E-state index in [9.17, 15) is 5.11 Å². The zero-order valence-electron chi connectivity index (χ0n) is 11.6. The van der Waals surface area contributed by atoms with Crippen LogP contribution in [0.15, 0.2) is 47.2 Å². The van der Waals surface area contributed by atoms with Gasteiger partial charge in [0.2, 0.25) is 0 Å². The molecule has 4 nitrogen and oxygen atoms in total. The molecule has 0 spiro atoms. The lowest BCUT2D eigenvalue weighted by atomic mass is 9.87. The fourth-order valence-corrected chi connectivity index (χ4v) is 2.75. The lowest BCUT2D eigenvalue weighted by molar-refractivity contribution is 0.146. The van der Waals surface area contributed by atoms with Gasteiger partial charge in [0.05, 0.1) is 22.8 Å². The molecule has 0 amide bonds. The fraction of sp³-hybridized carbons (Fsp3) is 0.400. The average Bonchev–Trinajstić information content (AvgIpc) is 2.90. The lowest BCUT2D eigenvalue weighted by Gasteiger charge is -2.33. The number of hydrogen-bond donors (Lipinski definition) is 2. The van der Waals surface area contributed by atoms with Gasteiger partial charge in [0.1, 0.15) is 0 Å². The Bertz CT molecular complexity index is 529. The van der Waals surface area contributed by atoms with Crippen LogP contribution >= 0.6 is 15.9 Å².